The van der Waals surface area contributed by atoms with Gasteiger partial charge in [0.2, 0.25) is 0 Å². The number of aliphatic carboxylic acids is 1. The smallest absolute Gasteiger partial charge is 0.337 e. The minimum Gasteiger partial charge on any atom is -0.490 e. The summed E-state index contributed by atoms with van der Waals surface area (Å²) in [5.41, 5.74) is 1.93. The molecule has 1 heterocycles. The summed E-state index contributed by atoms with van der Waals surface area (Å²) >= 11 is 0. The Morgan fingerprint density at radius 1 is 1.09 bits per heavy atom. The second-order valence-corrected chi connectivity index (χ2v) is 5.05. The molecule has 0 aliphatic carbocycles. The first-order chi connectivity index (χ1) is 10.7. The van der Waals surface area contributed by atoms with Gasteiger partial charge in [0.1, 0.15) is 0 Å². The predicted molar refractivity (Wildman–Crippen MR) is 80.1 cm³/mol. The van der Waals surface area contributed by atoms with Crippen LogP contribution >= 0.6 is 0 Å². The molecule has 0 aromatic heterocycles. The summed E-state index contributed by atoms with van der Waals surface area (Å²) in [6.45, 7) is 1.18. The van der Waals surface area contributed by atoms with Crippen LogP contribution in [-0.2, 0) is 4.79 Å². The molecule has 0 bridgehead atoms. The zero-order valence-corrected chi connectivity index (χ0v) is 11.9. The van der Waals surface area contributed by atoms with Crippen LogP contribution < -0.4 is 9.47 Å². The zero-order chi connectivity index (χ0) is 15.5. The molecule has 1 unspecified atom stereocenters. The Morgan fingerprint density at radius 2 is 1.86 bits per heavy atom. The number of aliphatic hydroxyl groups excluding tert-OH is 1. The molecule has 0 saturated heterocycles. The molecule has 22 heavy (non-hydrogen) atoms. The molecule has 0 saturated carbocycles. The number of carboxylic acids is 1. The Kier molecular flexibility index (Phi) is 3.98. The Morgan fingerprint density at radius 3 is 2.68 bits per heavy atom. The number of carbonyl (C=O) groups is 1. The molecule has 2 aromatic rings. The number of benzene rings is 2. The van der Waals surface area contributed by atoms with E-state index in [0.29, 0.717) is 30.3 Å². The van der Waals surface area contributed by atoms with E-state index < -0.39 is 12.1 Å². The second kappa shape index (κ2) is 6.07. The van der Waals surface area contributed by atoms with E-state index in [9.17, 15) is 9.90 Å². The third kappa shape index (κ3) is 2.76. The first kappa shape index (κ1) is 14.4. The number of carboxylic acid groups (broad SMARTS) is 1. The van der Waals surface area contributed by atoms with Gasteiger partial charge in [-0.3, -0.25) is 0 Å². The van der Waals surface area contributed by atoms with E-state index in [1.54, 1.807) is 18.2 Å². The van der Waals surface area contributed by atoms with Gasteiger partial charge in [0.05, 0.1) is 13.2 Å². The van der Waals surface area contributed by atoms with Crippen molar-refractivity contribution in [2.75, 3.05) is 13.2 Å². The van der Waals surface area contributed by atoms with Gasteiger partial charge in [0.15, 0.2) is 17.6 Å². The number of para-hydroxylation sites is 1. The summed E-state index contributed by atoms with van der Waals surface area (Å²) in [5.74, 6) is 0.0600. The van der Waals surface area contributed by atoms with E-state index in [2.05, 4.69) is 0 Å². The third-order valence-corrected chi connectivity index (χ3v) is 3.52. The molecule has 5 nitrogen and oxygen atoms in total. The summed E-state index contributed by atoms with van der Waals surface area (Å²) in [6.07, 6.45) is -0.731. The van der Waals surface area contributed by atoms with Gasteiger partial charge in [-0.1, -0.05) is 30.3 Å². The van der Waals surface area contributed by atoms with Crippen LogP contribution in [0.15, 0.2) is 42.5 Å². The molecule has 1 atom stereocenters. The Bertz CT molecular complexity index is 695. The lowest BCUT2D eigenvalue weighted by Gasteiger charge is -2.14. The van der Waals surface area contributed by atoms with Gasteiger partial charge in [-0.15, -0.1) is 0 Å². The molecule has 1 aliphatic heterocycles. The van der Waals surface area contributed by atoms with Crippen molar-refractivity contribution in [2.45, 2.75) is 12.5 Å². The molecular weight excluding hydrogens is 284 g/mol. The minimum atomic E-state index is -1.54. The molecule has 0 amide bonds. The van der Waals surface area contributed by atoms with Gasteiger partial charge in [-0.05, 0) is 23.3 Å². The van der Waals surface area contributed by atoms with Crippen LogP contribution in [-0.4, -0.2) is 29.4 Å². The van der Waals surface area contributed by atoms with Crippen molar-refractivity contribution >= 4 is 5.97 Å². The van der Waals surface area contributed by atoms with Crippen molar-refractivity contribution in [1.29, 1.82) is 0 Å². The van der Waals surface area contributed by atoms with E-state index in [1.165, 1.54) is 0 Å². The van der Waals surface area contributed by atoms with Gasteiger partial charge in [0, 0.05) is 12.0 Å². The molecule has 2 N–H and O–H groups in total. The van der Waals surface area contributed by atoms with E-state index in [0.717, 1.165) is 17.5 Å². The summed E-state index contributed by atoms with van der Waals surface area (Å²) in [4.78, 5) is 10.9. The fourth-order valence-electron chi connectivity index (χ4n) is 2.44. The van der Waals surface area contributed by atoms with E-state index in [-0.39, 0.29) is 0 Å². The average Bonchev–Trinajstić information content (AvgIpc) is 2.79. The molecule has 3 rings (SSSR count). The lowest BCUT2D eigenvalue weighted by Crippen LogP contribution is -2.10. The van der Waals surface area contributed by atoms with Crippen LogP contribution in [0.1, 0.15) is 18.1 Å². The predicted octanol–water partition coefficient (Wildman–Crippen LogP) is 2.63. The number of hydrogen-bond acceptors (Lipinski definition) is 4. The summed E-state index contributed by atoms with van der Waals surface area (Å²) in [5, 5.41) is 18.6. The fourth-order valence-corrected chi connectivity index (χ4v) is 2.44. The summed E-state index contributed by atoms with van der Waals surface area (Å²) in [6, 6.07) is 12.4. The molecule has 114 valence electrons. The molecule has 0 spiro atoms. The molecule has 2 aromatic carbocycles. The second-order valence-electron chi connectivity index (χ2n) is 5.05. The van der Waals surface area contributed by atoms with Crippen molar-refractivity contribution in [3.05, 3.63) is 48.0 Å². The van der Waals surface area contributed by atoms with Crippen LogP contribution in [0.3, 0.4) is 0 Å². The Hall–Kier alpha value is -2.53. The topological polar surface area (TPSA) is 76.0 Å². The van der Waals surface area contributed by atoms with Crippen LogP contribution in [0, 0.1) is 0 Å². The van der Waals surface area contributed by atoms with Gasteiger partial charge in [-0.25, -0.2) is 4.79 Å². The van der Waals surface area contributed by atoms with E-state index in [4.69, 9.17) is 14.6 Å². The van der Waals surface area contributed by atoms with Gasteiger partial charge < -0.3 is 19.7 Å². The van der Waals surface area contributed by atoms with Crippen molar-refractivity contribution in [3.63, 3.8) is 0 Å². The largest absolute Gasteiger partial charge is 0.490 e. The monoisotopic (exact) mass is 300 g/mol. The Balaban J connectivity index is 2.05. The van der Waals surface area contributed by atoms with Crippen LogP contribution in [0.2, 0.25) is 0 Å². The third-order valence-electron chi connectivity index (χ3n) is 3.52. The van der Waals surface area contributed by atoms with Crippen LogP contribution in [0.4, 0.5) is 0 Å². The van der Waals surface area contributed by atoms with Crippen LogP contribution in [0.5, 0.6) is 11.5 Å². The maximum atomic E-state index is 10.9. The fraction of sp³-hybridized carbons (Fsp3) is 0.235. The van der Waals surface area contributed by atoms with Gasteiger partial charge in [-0.2, -0.15) is 0 Å². The number of hydrogen-bond donors (Lipinski definition) is 2. The molecule has 5 heteroatoms. The van der Waals surface area contributed by atoms with E-state index >= 15 is 0 Å². The number of rotatable bonds is 3. The highest BCUT2D eigenvalue weighted by atomic mass is 16.5. The van der Waals surface area contributed by atoms with Crippen molar-refractivity contribution in [1.82, 2.24) is 0 Å². The lowest BCUT2D eigenvalue weighted by atomic mass is 9.99. The standard InChI is InChI=1S/C17H16O5/c18-15(17(19)20)12-5-1-4-11(10-12)13-6-2-7-14-16(13)22-9-3-8-21-14/h1-2,4-7,10,15,18H,3,8-9H2,(H,19,20). The van der Waals surface area contributed by atoms with Crippen molar-refractivity contribution < 1.29 is 24.5 Å². The number of ether oxygens (including phenoxy) is 2. The average molecular weight is 300 g/mol. The highest BCUT2D eigenvalue weighted by Gasteiger charge is 2.19. The molecular formula is C17H16O5. The van der Waals surface area contributed by atoms with Gasteiger partial charge >= 0.3 is 5.97 Å². The Labute approximate surface area is 127 Å². The minimum absolute atomic E-state index is 0.331. The SMILES string of the molecule is O=C(O)C(O)c1cccc(-c2cccc3c2OCCCO3)c1. The highest BCUT2D eigenvalue weighted by molar-refractivity contribution is 5.77. The zero-order valence-electron chi connectivity index (χ0n) is 11.9. The molecule has 0 radical (unpaired) electrons. The maximum absolute atomic E-state index is 10.9. The first-order valence-electron chi connectivity index (χ1n) is 7.06. The number of fused-ring (bicyclic) bond motifs is 1. The normalized spacial score (nSPS) is 15.0. The highest BCUT2D eigenvalue weighted by Crippen LogP contribution is 2.39. The van der Waals surface area contributed by atoms with Gasteiger partial charge in [0.25, 0.3) is 0 Å². The summed E-state index contributed by atoms with van der Waals surface area (Å²) < 4.78 is 11.4. The quantitative estimate of drug-likeness (QED) is 0.911. The maximum Gasteiger partial charge on any atom is 0.337 e. The molecule has 0 fully saturated rings. The van der Waals surface area contributed by atoms with Crippen molar-refractivity contribution in [2.24, 2.45) is 0 Å². The first-order valence-corrected chi connectivity index (χ1v) is 7.06. The van der Waals surface area contributed by atoms with Crippen molar-refractivity contribution in [3.8, 4) is 22.6 Å². The van der Waals surface area contributed by atoms with E-state index in [1.807, 2.05) is 24.3 Å². The van der Waals surface area contributed by atoms with Crippen LogP contribution in [0.25, 0.3) is 11.1 Å². The molecule has 1 aliphatic rings. The number of aliphatic hydroxyl groups is 1. The lowest BCUT2D eigenvalue weighted by molar-refractivity contribution is -0.146. The summed E-state index contributed by atoms with van der Waals surface area (Å²) in [7, 11) is 0.